The Morgan fingerprint density at radius 2 is 1.70 bits per heavy atom. The molecular formula is C16H10Cl2N2O2S. The third-order valence-corrected chi connectivity index (χ3v) is 5.15. The number of aromatic hydroxyl groups is 1. The Morgan fingerprint density at radius 1 is 1.00 bits per heavy atom. The highest BCUT2D eigenvalue weighted by Crippen LogP contribution is 2.36. The van der Waals surface area contributed by atoms with Crippen molar-refractivity contribution in [3.8, 4) is 16.3 Å². The van der Waals surface area contributed by atoms with Crippen molar-refractivity contribution in [1.82, 2.24) is 5.10 Å². The summed E-state index contributed by atoms with van der Waals surface area (Å²) in [5.74, 6) is 0.115. The molecule has 0 amide bonds. The number of halogens is 2. The molecule has 2 aromatic carbocycles. The van der Waals surface area contributed by atoms with Crippen LogP contribution in [0.5, 0.6) is 5.88 Å². The lowest BCUT2D eigenvalue weighted by Gasteiger charge is -1.94. The van der Waals surface area contributed by atoms with Crippen LogP contribution in [0.2, 0.25) is 10.0 Å². The average molecular weight is 365 g/mol. The normalized spacial score (nSPS) is 10.9. The number of benzene rings is 2. The summed E-state index contributed by atoms with van der Waals surface area (Å²) in [6, 6.07) is 13.0. The minimum atomic E-state index is 0. The second-order valence-electron chi connectivity index (χ2n) is 4.85. The van der Waals surface area contributed by atoms with Crippen molar-refractivity contribution < 1.29 is 15.1 Å². The van der Waals surface area contributed by atoms with Crippen molar-refractivity contribution in [3.63, 3.8) is 0 Å². The van der Waals surface area contributed by atoms with Crippen LogP contribution < -0.4 is 4.52 Å². The quantitative estimate of drug-likeness (QED) is 0.504. The van der Waals surface area contributed by atoms with Gasteiger partial charge >= 0.3 is 10.7 Å². The summed E-state index contributed by atoms with van der Waals surface area (Å²) in [6.45, 7) is 0. The Labute approximate surface area is 145 Å². The Hall–Kier alpha value is -1.92. The first-order chi connectivity index (χ1) is 10.6. The summed E-state index contributed by atoms with van der Waals surface area (Å²) in [7, 11) is 0. The van der Waals surface area contributed by atoms with E-state index in [4.69, 9.17) is 23.2 Å². The summed E-state index contributed by atoms with van der Waals surface area (Å²) >= 11 is 13.5. The number of rotatable bonds is 1. The Balaban J connectivity index is 0.00000156. The lowest BCUT2D eigenvalue weighted by atomic mass is 10.2. The van der Waals surface area contributed by atoms with Crippen LogP contribution in [0.1, 0.15) is 0 Å². The van der Waals surface area contributed by atoms with Gasteiger partial charge in [-0.3, -0.25) is 0 Å². The molecule has 2 N–H and O–H groups in total. The minimum Gasteiger partial charge on any atom is -0.870 e. The van der Waals surface area contributed by atoms with Gasteiger partial charge in [-0.05, 0) is 24.3 Å². The molecule has 0 atom stereocenters. The van der Waals surface area contributed by atoms with Crippen LogP contribution in [-0.2, 0) is 0 Å². The molecule has 0 bridgehead atoms. The predicted molar refractivity (Wildman–Crippen MR) is 91.8 cm³/mol. The van der Waals surface area contributed by atoms with Gasteiger partial charge in [0.1, 0.15) is 6.20 Å². The molecule has 0 fully saturated rings. The molecule has 4 rings (SSSR count). The highest BCUT2D eigenvalue weighted by Gasteiger charge is 2.25. The Morgan fingerprint density at radius 3 is 2.43 bits per heavy atom. The van der Waals surface area contributed by atoms with Gasteiger partial charge in [-0.1, -0.05) is 52.7 Å². The van der Waals surface area contributed by atoms with Gasteiger partial charge in [0.05, 0.1) is 5.39 Å². The predicted octanol–water partition coefficient (Wildman–Crippen LogP) is 4.54. The molecule has 23 heavy (non-hydrogen) atoms. The second kappa shape index (κ2) is 5.94. The number of fused-ring (bicyclic) bond motifs is 3. The van der Waals surface area contributed by atoms with Crippen LogP contribution in [0.25, 0.3) is 26.0 Å². The average Bonchev–Trinajstić information content (AvgIpc) is 2.86. The summed E-state index contributed by atoms with van der Waals surface area (Å²) in [4.78, 5) is 1.60. The molecule has 4 aromatic rings. The summed E-state index contributed by atoms with van der Waals surface area (Å²) in [6.07, 6.45) is 1.72. The standard InChI is InChI=1S/C16H8Cl2N2OS.H2O/c17-11-4-1-9(2-5-11)14-15(21)20-16(22-14)13-7-12(18)6-3-10(13)8-19-20;/h1-8H;1H2. The molecule has 0 saturated carbocycles. The lowest BCUT2D eigenvalue weighted by molar-refractivity contribution is -0.583. The van der Waals surface area contributed by atoms with Crippen LogP contribution in [0, 0.1) is 0 Å². The zero-order chi connectivity index (χ0) is 15.3. The lowest BCUT2D eigenvalue weighted by Crippen LogP contribution is -2.23. The van der Waals surface area contributed by atoms with E-state index in [0.29, 0.717) is 10.0 Å². The molecule has 4 nitrogen and oxygen atoms in total. The number of nitrogens with zero attached hydrogens (tertiary/aromatic N) is 2. The first kappa shape index (κ1) is 16.0. The van der Waals surface area contributed by atoms with Gasteiger partial charge < -0.3 is 10.6 Å². The summed E-state index contributed by atoms with van der Waals surface area (Å²) in [5, 5.41) is 18.1. The maximum Gasteiger partial charge on any atom is 0.416 e. The molecule has 0 aliphatic rings. The van der Waals surface area contributed by atoms with Crippen molar-refractivity contribution in [1.29, 1.82) is 0 Å². The van der Waals surface area contributed by atoms with Gasteiger partial charge in [-0.25, -0.2) is 0 Å². The molecule has 2 aromatic heterocycles. The van der Waals surface area contributed by atoms with Gasteiger partial charge in [-0.15, -0.1) is 0 Å². The Kier molecular flexibility index (Phi) is 4.12. The smallest absolute Gasteiger partial charge is 0.416 e. The van der Waals surface area contributed by atoms with E-state index in [9.17, 15) is 5.11 Å². The first-order valence-electron chi connectivity index (χ1n) is 6.51. The van der Waals surface area contributed by atoms with Crippen molar-refractivity contribution >= 4 is 50.1 Å². The summed E-state index contributed by atoms with van der Waals surface area (Å²) < 4.78 is 1.53. The molecule has 0 aliphatic carbocycles. The number of hydrogen-bond donors (Lipinski definition) is 1. The van der Waals surface area contributed by atoms with Gasteiger partial charge in [0.15, 0.2) is 4.88 Å². The van der Waals surface area contributed by atoms with E-state index in [1.54, 1.807) is 18.3 Å². The van der Waals surface area contributed by atoms with Crippen molar-refractivity contribution in [2.24, 2.45) is 0 Å². The van der Waals surface area contributed by atoms with Crippen molar-refractivity contribution in [2.75, 3.05) is 0 Å². The molecule has 2 heterocycles. The maximum absolute atomic E-state index is 10.5. The third-order valence-electron chi connectivity index (χ3n) is 3.46. The molecule has 0 aliphatic heterocycles. The number of hydrogen-bond acceptors (Lipinski definition) is 4. The zero-order valence-electron chi connectivity index (χ0n) is 11.6. The SMILES string of the molecule is Oc1c(-c2ccc(Cl)cc2)sc2c3cc(Cl)ccc3cn[n+]12.[OH-]. The first-order valence-corrected chi connectivity index (χ1v) is 8.09. The van der Waals surface area contributed by atoms with Gasteiger partial charge in [0, 0.05) is 30.6 Å². The monoisotopic (exact) mass is 364 g/mol. The second-order valence-corrected chi connectivity index (χ2v) is 6.73. The van der Waals surface area contributed by atoms with E-state index in [1.165, 1.54) is 15.9 Å². The van der Waals surface area contributed by atoms with Crippen LogP contribution >= 0.6 is 34.5 Å². The van der Waals surface area contributed by atoms with E-state index in [0.717, 1.165) is 26.0 Å². The third kappa shape index (κ3) is 2.62. The van der Waals surface area contributed by atoms with E-state index >= 15 is 0 Å². The van der Waals surface area contributed by atoms with E-state index < -0.39 is 0 Å². The number of aromatic nitrogens is 2. The fourth-order valence-electron chi connectivity index (χ4n) is 2.39. The largest absolute Gasteiger partial charge is 0.870 e. The van der Waals surface area contributed by atoms with Crippen LogP contribution in [0.3, 0.4) is 0 Å². The van der Waals surface area contributed by atoms with Crippen LogP contribution in [0.15, 0.2) is 48.7 Å². The molecule has 0 saturated heterocycles. The Bertz CT molecular complexity index is 1020. The zero-order valence-corrected chi connectivity index (χ0v) is 13.9. The molecule has 0 radical (unpaired) electrons. The molecule has 0 unspecified atom stereocenters. The highest BCUT2D eigenvalue weighted by atomic mass is 35.5. The summed E-state index contributed by atoms with van der Waals surface area (Å²) in [5.41, 5.74) is 0.896. The maximum atomic E-state index is 10.5. The van der Waals surface area contributed by atoms with Gasteiger partial charge in [0.25, 0.3) is 0 Å². The fraction of sp³-hybridized carbons (Fsp3) is 0. The van der Waals surface area contributed by atoms with Crippen LogP contribution in [-0.4, -0.2) is 15.7 Å². The van der Waals surface area contributed by atoms with Crippen molar-refractivity contribution in [3.05, 3.63) is 58.7 Å². The van der Waals surface area contributed by atoms with Gasteiger partial charge in [0.2, 0.25) is 0 Å². The van der Waals surface area contributed by atoms with E-state index in [1.807, 2.05) is 30.3 Å². The fourth-order valence-corrected chi connectivity index (χ4v) is 3.82. The molecular weight excluding hydrogens is 355 g/mol. The highest BCUT2D eigenvalue weighted by molar-refractivity contribution is 7.21. The molecule has 116 valence electrons. The number of thiazole rings is 1. The van der Waals surface area contributed by atoms with Crippen LogP contribution in [0.4, 0.5) is 0 Å². The van der Waals surface area contributed by atoms with Gasteiger partial charge in [-0.2, -0.15) is 0 Å². The molecule has 0 spiro atoms. The van der Waals surface area contributed by atoms with Crippen molar-refractivity contribution in [2.45, 2.75) is 0 Å². The van der Waals surface area contributed by atoms with E-state index in [-0.39, 0.29) is 11.4 Å². The topological polar surface area (TPSA) is 67.2 Å². The molecule has 7 heteroatoms. The van der Waals surface area contributed by atoms with E-state index in [2.05, 4.69) is 5.10 Å². The minimum absolute atomic E-state index is 0.